The Kier molecular flexibility index (Phi) is 7.40. The largest absolute Gasteiger partial charge is 0.357 e. The fraction of sp³-hybridized carbons (Fsp3) is 0.800. The first-order chi connectivity index (χ1) is 7.11. The Morgan fingerprint density at radius 2 is 1.73 bits per heavy atom. The van der Waals surface area contributed by atoms with Crippen LogP contribution in [0.25, 0.3) is 0 Å². The summed E-state index contributed by atoms with van der Waals surface area (Å²) in [6.07, 6.45) is 0.452. The maximum Gasteiger partial charge on any atom is 0.223 e. The summed E-state index contributed by atoms with van der Waals surface area (Å²) in [6.45, 7) is 6.20. The lowest BCUT2D eigenvalue weighted by atomic mass is 10.4. The summed E-state index contributed by atoms with van der Waals surface area (Å²) in [4.78, 5) is 17.1. The molecule has 5 nitrogen and oxygen atoms in total. The van der Waals surface area contributed by atoms with Crippen LogP contribution >= 0.6 is 0 Å². The average molecular weight is 214 g/mol. The van der Waals surface area contributed by atoms with Crippen LogP contribution in [0.15, 0.2) is 4.99 Å². The van der Waals surface area contributed by atoms with Crippen LogP contribution in [-0.4, -0.2) is 50.5 Å². The van der Waals surface area contributed by atoms with Gasteiger partial charge in [0, 0.05) is 33.6 Å². The van der Waals surface area contributed by atoms with Crippen LogP contribution in [0.4, 0.5) is 0 Å². The third-order valence-electron chi connectivity index (χ3n) is 1.78. The van der Waals surface area contributed by atoms with E-state index in [2.05, 4.69) is 15.6 Å². The van der Waals surface area contributed by atoms with Crippen molar-refractivity contribution in [3.63, 3.8) is 0 Å². The highest BCUT2D eigenvalue weighted by atomic mass is 16.2. The van der Waals surface area contributed by atoms with Crippen LogP contribution in [0.5, 0.6) is 0 Å². The van der Waals surface area contributed by atoms with E-state index in [1.54, 1.807) is 19.0 Å². The Hall–Kier alpha value is -1.26. The molecule has 88 valence electrons. The van der Waals surface area contributed by atoms with Crippen molar-refractivity contribution in [3.05, 3.63) is 0 Å². The van der Waals surface area contributed by atoms with Gasteiger partial charge in [0.2, 0.25) is 5.91 Å². The van der Waals surface area contributed by atoms with Gasteiger partial charge in [-0.1, -0.05) is 0 Å². The van der Waals surface area contributed by atoms with Crippen molar-refractivity contribution >= 4 is 11.9 Å². The molecule has 0 atom stereocenters. The molecule has 0 saturated carbocycles. The van der Waals surface area contributed by atoms with Crippen molar-refractivity contribution in [2.24, 2.45) is 4.99 Å². The van der Waals surface area contributed by atoms with Crippen molar-refractivity contribution in [2.45, 2.75) is 20.3 Å². The van der Waals surface area contributed by atoms with Gasteiger partial charge in [0.15, 0.2) is 5.96 Å². The lowest BCUT2D eigenvalue weighted by Gasteiger charge is -2.10. The van der Waals surface area contributed by atoms with Crippen molar-refractivity contribution in [3.8, 4) is 0 Å². The van der Waals surface area contributed by atoms with E-state index >= 15 is 0 Å². The second kappa shape index (κ2) is 8.08. The summed E-state index contributed by atoms with van der Waals surface area (Å²) in [5.74, 6) is 0.873. The van der Waals surface area contributed by atoms with Gasteiger partial charge in [-0.25, -0.2) is 0 Å². The second-order valence-electron chi connectivity index (χ2n) is 3.33. The molecule has 0 radical (unpaired) electrons. The van der Waals surface area contributed by atoms with E-state index in [0.717, 1.165) is 19.0 Å². The maximum absolute atomic E-state index is 11.3. The molecule has 0 saturated heterocycles. The minimum absolute atomic E-state index is 0.103. The van der Waals surface area contributed by atoms with Gasteiger partial charge in [0.05, 0.1) is 6.54 Å². The fourth-order valence-electron chi connectivity index (χ4n) is 0.996. The molecular weight excluding hydrogens is 192 g/mol. The number of rotatable bonds is 5. The topological polar surface area (TPSA) is 56.7 Å². The number of carbonyl (C=O) groups is 1. The first-order valence-electron chi connectivity index (χ1n) is 5.34. The predicted octanol–water partition coefficient (Wildman–Crippen LogP) is 0.0397. The molecule has 0 aromatic carbocycles. The minimum Gasteiger partial charge on any atom is -0.357 e. The zero-order valence-electron chi connectivity index (χ0n) is 10.1. The standard InChI is InChI=1S/C10H22N4O/c1-5-11-10(12-6-2)13-8-7-9(15)14(3)4/h5-8H2,1-4H3,(H2,11,12,13). The van der Waals surface area contributed by atoms with Gasteiger partial charge in [-0.05, 0) is 13.8 Å². The van der Waals surface area contributed by atoms with Crippen LogP contribution < -0.4 is 10.6 Å². The maximum atomic E-state index is 11.3. The Morgan fingerprint density at radius 3 is 2.13 bits per heavy atom. The molecule has 0 spiro atoms. The highest BCUT2D eigenvalue weighted by Crippen LogP contribution is 1.87. The van der Waals surface area contributed by atoms with E-state index in [1.807, 2.05) is 13.8 Å². The molecule has 0 bridgehead atoms. The van der Waals surface area contributed by atoms with Crippen LogP contribution in [-0.2, 0) is 4.79 Å². The molecule has 0 rings (SSSR count). The molecule has 0 unspecified atom stereocenters. The normalized spacial score (nSPS) is 9.33. The van der Waals surface area contributed by atoms with E-state index < -0.39 is 0 Å². The molecule has 0 aromatic rings. The van der Waals surface area contributed by atoms with Crippen LogP contribution in [0.2, 0.25) is 0 Å². The Labute approximate surface area is 91.9 Å². The van der Waals surface area contributed by atoms with Crippen molar-refractivity contribution in [1.82, 2.24) is 15.5 Å². The predicted molar refractivity (Wildman–Crippen MR) is 63.0 cm³/mol. The summed E-state index contributed by atoms with van der Waals surface area (Å²) >= 11 is 0. The molecule has 15 heavy (non-hydrogen) atoms. The zero-order chi connectivity index (χ0) is 11.7. The number of aliphatic imine (C=N–C) groups is 1. The smallest absolute Gasteiger partial charge is 0.223 e. The molecule has 0 aliphatic carbocycles. The number of carbonyl (C=O) groups excluding carboxylic acids is 1. The summed E-state index contributed by atoms with van der Waals surface area (Å²) in [7, 11) is 3.50. The molecular formula is C10H22N4O. The van der Waals surface area contributed by atoms with Gasteiger partial charge in [-0.2, -0.15) is 0 Å². The second-order valence-corrected chi connectivity index (χ2v) is 3.33. The third-order valence-corrected chi connectivity index (χ3v) is 1.78. The SMILES string of the molecule is CCNC(=NCCC(=O)N(C)C)NCC. The number of hydrogen-bond donors (Lipinski definition) is 2. The molecule has 5 heteroatoms. The third kappa shape index (κ3) is 6.76. The fourth-order valence-corrected chi connectivity index (χ4v) is 0.996. The van der Waals surface area contributed by atoms with E-state index in [0.29, 0.717) is 13.0 Å². The first kappa shape index (κ1) is 13.7. The average Bonchev–Trinajstić information content (AvgIpc) is 2.18. The number of amides is 1. The number of guanidine groups is 1. The number of nitrogens with one attached hydrogen (secondary N) is 2. The number of nitrogens with zero attached hydrogens (tertiary/aromatic N) is 2. The summed E-state index contributed by atoms with van der Waals surface area (Å²) in [6, 6.07) is 0. The van der Waals surface area contributed by atoms with Gasteiger partial charge < -0.3 is 15.5 Å². The molecule has 0 fully saturated rings. The van der Waals surface area contributed by atoms with E-state index in [9.17, 15) is 4.79 Å². The Bertz CT molecular complexity index is 205. The summed E-state index contributed by atoms with van der Waals surface area (Å²) in [5.41, 5.74) is 0. The van der Waals surface area contributed by atoms with Crippen molar-refractivity contribution < 1.29 is 4.79 Å². The summed E-state index contributed by atoms with van der Waals surface area (Å²) in [5, 5.41) is 6.20. The lowest BCUT2D eigenvalue weighted by molar-refractivity contribution is -0.128. The Balaban J connectivity index is 3.93. The van der Waals surface area contributed by atoms with Gasteiger partial charge in [-0.15, -0.1) is 0 Å². The van der Waals surface area contributed by atoms with E-state index in [4.69, 9.17) is 0 Å². The van der Waals surface area contributed by atoms with Crippen LogP contribution in [0.1, 0.15) is 20.3 Å². The highest BCUT2D eigenvalue weighted by Gasteiger charge is 2.02. The quantitative estimate of drug-likeness (QED) is 0.502. The Morgan fingerprint density at radius 1 is 1.20 bits per heavy atom. The molecule has 2 N–H and O–H groups in total. The molecule has 0 heterocycles. The molecule has 0 aliphatic heterocycles. The van der Waals surface area contributed by atoms with Crippen molar-refractivity contribution in [2.75, 3.05) is 33.7 Å². The lowest BCUT2D eigenvalue weighted by Crippen LogP contribution is -2.37. The van der Waals surface area contributed by atoms with E-state index in [1.165, 1.54) is 0 Å². The van der Waals surface area contributed by atoms with E-state index in [-0.39, 0.29) is 5.91 Å². The van der Waals surface area contributed by atoms with Crippen LogP contribution in [0, 0.1) is 0 Å². The monoisotopic (exact) mass is 214 g/mol. The van der Waals surface area contributed by atoms with Gasteiger partial charge in [0.1, 0.15) is 0 Å². The molecule has 0 aliphatic rings. The summed E-state index contributed by atoms with van der Waals surface area (Å²) < 4.78 is 0. The number of hydrogen-bond acceptors (Lipinski definition) is 2. The van der Waals surface area contributed by atoms with Crippen molar-refractivity contribution in [1.29, 1.82) is 0 Å². The van der Waals surface area contributed by atoms with Crippen LogP contribution in [0.3, 0.4) is 0 Å². The molecule has 1 amide bonds. The first-order valence-corrected chi connectivity index (χ1v) is 5.34. The van der Waals surface area contributed by atoms with Gasteiger partial charge in [-0.3, -0.25) is 9.79 Å². The van der Waals surface area contributed by atoms with Gasteiger partial charge in [0.25, 0.3) is 0 Å². The minimum atomic E-state index is 0.103. The zero-order valence-corrected chi connectivity index (χ0v) is 10.1. The highest BCUT2D eigenvalue weighted by molar-refractivity contribution is 5.80. The molecule has 0 aromatic heterocycles. The van der Waals surface area contributed by atoms with Gasteiger partial charge >= 0.3 is 0 Å².